The molecule has 1 aromatic heterocycles. The van der Waals surface area contributed by atoms with Gasteiger partial charge in [-0.2, -0.15) is 0 Å². The first-order chi connectivity index (χ1) is 9.45. The highest BCUT2D eigenvalue weighted by molar-refractivity contribution is 6.30. The van der Waals surface area contributed by atoms with E-state index < -0.39 is 0 Å². The van der Waals surface area contributed by atoms with Gasteiger partial charge in [0.25, 0.3) is 5.56 Å². The molecule has 0 aliphatic heterocycles. The van der Waals surface area contributed by atoms with E-state index in [-0.39, 0.29) is 17.5 Å². The Kier molecular flexibility index (Phi) is 4.45. The highest BCUT2D eigenvalue weighted by atomic mass is 35.5. The molecule has 106 valence electrons. The zero-order valence-electron chi connectivity index (χ0n) is 11.8. The molecule has 1 unspecified atom stereocenters. The van der Waals surface area contributed by atoms with Gasteiger partial charge in [0.2, 0.25) is 0 Å². The van der Waals surface area contributed by atoms with Crippen molar-refractivity contribution in [2.45, 2.75) is 32.7 Å². The van der Waals surface area contributed by atoms with Gasteiger partial charge in [0.05, 0.1) is 0 Å². The number of anilines is 1. The summed E-state index contributed by atoms with van der Waals surface area (Å²) < 4.78 is 0. The molecule has 2 aromatic rings. The number of hydrogen-bond donors (Lipinski definition) is 2. The van der Waals surface area contributed by atoms with Crippen LogP contribution in [0.25, 0.3) is 0 Å². The maximum atomic E-state index is 11.6. The number of halogens is 1. The Hall–Kier alpha value is -1.81. The van der Waals surface area contributed by atoms with Crippen molar-refractivity contribution in [1.29, 1.82) is 0 Å². The third-order valence-electron chi connectivity index (χ3n) is 3.04. The maximum absolute atomic E-state index is 11.6. The lowest BCUT2D eigenvalue weighted by atomic mass is 10.1. The Balaban J connectivity index is 2.21. The molecule has 0 amide bonds. The number of nitrogens with one attached hydrogen (secondary N) is 2. The van der Waals surface area contributed by atoms with E-state index in [9.17, 15) is 4.79 Å². The van der Waals surface area contributed by atoms with Gasteiger partial charge in [-0.3, -0.25) is 4.79 Å². The van der Waals surface area contributed by atoms with E-state index in [0.717, 1.165) is 5.56 Å². The van der Waals surface area contributed by atoms with E-state index in [4.69, 9.17) is 11.6 Å². The molecule has 0 fully saturated rings. The molecule has 0 aliphatic carbocycles. The third kappa shape index (κ3) is 3.61. The van der Waals surface area contributed by atoms with E-state index in [1.165, 1.54) is 6.07 Å². The number of nitrogens with zero attached hydrogens (tertiary/aromatic N) is 1. The van der Waals surface area contributed by atoms with Crippen LogP contribution in [0.15, 0.2) is 35.1 Å². The topological polar surface area (TPSA) is 57.8 Å². The van der Waals surface area contributed by atoms with E-state index in [1.54, 1.807) is 0 Å². The van der Waals surface area contributed by atoms with Crippen molar-refractivity contribution in [3.8, 4) is 0 Å². The van der Waals surface area contributed by atoms with E-state index >= 15 is 0 Å². The molecule has 0 saturated heterocycles. The zero-order chi connectivity index (χ0) is 14.7. The molecular weight excluding hydrogens is 274 g/mol. The van der Waals surface area contributed by atoms with Crippen molar-refractivity contribution in [3.05, 3.63) is 57.1 Å². The fraction of sp³-hybridized carbons (Fsp3) is 0.333. The van der Waals surface area contributed by atoms with Gasteiger partial charge in [-0.15, -0.1) is 0 Å². The number of aromatic nitrogens is 2. The van der Waals surface area contributed by atoms with Crippen LogP contribution in [0.1, 0.15) is 44.1 Å². The summed E-state index contributed by atoms with van der Waals surface area (Å²) in [5, 5.41) is 3.95. The predicted octanol–water partition coefficient (Wildman–Crippen LogP) is 3.72. The van der Waals surface area contributed by atoms with Crippen LogP contribution in [-0.4, -0.2) is 9.97 Å². The Morgan fingerprint density at radius 3 is 2.45 bits per heavy atom. The zero-order valence-corrected chi connectivity index (χ0v) is 12.5. The van der Waals surface area contributed by atoms with Gasteiger partial charge in [0.15, 0.2) is 0 Å². The van der Waals surface area contributed by atoms with Crippen molar-refractivity contribution < 1.29 is 0 Å². The molecule has 0 radical (unpaired) electrons. The summed E-state index contributed by atoms with van der Waals surface area (Å²) in [6, 6.07) is 9.12. The summed E-state index contributed by atoms with van der Waals surface area (Å²) in [5.41, 5.74) is 0.942. The number of H-pyrrole nitrogens is 1. The lowest BCUT2D eigenvalue weighted by molar-refractivity contribution is 0.761. The van der Waals surface area contributed by atoms with Gasteiger partial charge < -0.3 is 10.3 Å². The second-order valence-electron chi connectivity index (χ2n) is 5.09. The van der Waals surface area contributed by atoms with Crippen molar-refractivity contribution in [3.63, 3.8) is 0 Å². The summed E-state index contributed by atoms with van der Waals surface area (Å²) in [5.74, 6) is 1.44. The highest BCUT2D eigenvalue weighted by Crippen LogP contribution is 2.20. The minimum Gasteiger partial charge on any atom is -0.363 e. The van der Waals surface area contributed by atoms with E-state index in [0.29, 0.717) is 16.7 Å². The van der Waals surface area contributed by atoms with Crippen molar-refractivity contribution in [1.82, 2.24) is 9.97 Å². The Bertz CT molecular complexity index is 634. The second kappa shape index (κ2) is 6.09. The molecular formula is C15H18ClN3O. The summed E-state index contributed by atoms with van der Waals surface area (Å²) in [4.78, 5) is 18.8. The lowest BCUT2D eigenvalue weighted by Crippen LogP contribution is -2.16. The largest absolute Gasteiger partial charge is 0.363 e. The molecule has 4 nitrogen and oxygen atoms in total. The molecule has 1 atom stereocenters. The maximum Gasteiger partial charge on any atom is 0.252 e. The molecule has 1 heterocycles. The standard InChI is InChI=1S/C15H18ClN3O/c1-9(2)15-18-13(8-14(20)19-15)17-10(3)11-4-6-12(16)7-5-11/h4-10H,1-3H3,(H2,17,18,19,20). The summed E-state index contributed by atoms with van der Waals surface area (Å²) >= 11 is 5.87. The van der Waals surface area contributed by atoms with Crippen molar-refractivity contribution in [2.75, 3.05) is 5.32 Å². The SMILES string of the molecule is CC(C)c1nc(NC(C)c2ccc(Cl)cc2)cc(=O)[nH]1. The minimum atomic E-state index is -0.144. The van der Waals surface area contributed by atoms with Gasteiger partial charge in [-0.25, -0.2) is 4.98 Å². The number of benzene rings is 1. The lowest BCUT2D eigenvalue weighted by Gasteiger charge is -2.16. The normalized spacial score (nSPS) is 12.4. The molecule has 1 aromatic carbocycles. The fourth-order valence-corrected chi connectivity index (χ4v) is 2.01. The fourth-order valence-electron chi connectivity index (χ4n) is 1.88. The monoisotopic (exact) mass is 291 g/mol. The molecule has 0 aliphatic rings. The molecule has 20 heavy (non-hydrogen) atoms. The van der Waals surface area contributed by atoms with Crippen molar-refractivity contribution in [2.24, 2.45) is 0 Å². The average Bonchev–Trinajstić information content (AvgIpc) is 2.38. The number of rotatable bonds is 4. The molecule has 2 N–H and O–H groups in total. The van der Waals surface area contributed by atoms with Gasteiger partial charge in [0, 0.05) is 23.0 Å². The molecule has 0 spiro atoms. The first-order valence-corrected chi connectivity index (χ1v) is 6.97. The summed E-state index contributed by atoms with van der Waals surface area (Å²) in [7, 11) is 0. The average molecular weight is 292 g/mol. The third-order valence-corrected chi connectivity index (χ3v) is 3.29. The van der Waals surface area contributed by atoms with Crippen LogP contribution in [0, 0.1) is 0 Å². The number of hydrogen-bond acceptors (Lipinski definition) is 3. The minimum absolute atomic E-state index is 0.0431. The Labute approximate surface area is 123 Å². The van der Waals surface area contributed by atoms with Gasteiger partial charge in [-0.05, 0) is 24.6 Å². The van der Waals surface area contributed by atoms with Gasteiger partial charge >= 0.3 is 0 Å². The molecule has 0 bridgehead atoms. The van der Waals surface area contributed by atoms with Crippen LogP contribution >= 0.6 is 11.6 Å². The first-order valence-electron chi connectivity index (χ1n) is 6.59. The van der Waals surface area contributed by atoms with Gasteiger partial charge in [0.1, 0.15) is 11.6 Å². The predicted molar refractivity (Wildman–Crippen MR) is 82.4 cm³/mol. The van der Waals surface area contributed by atoms with Crippen LogP contribution in [0.5, 0.6) is 0 Å². The number of aromatic amines is 1. The molecule has 5 heteroatoms. The van der Waals surface area contributed by atoms with Crippen LogP contribution in [0.3, 0.4) is 0 Å². The highest BCUT2D eigenvalue weighted by Gasteiger charge is 2.09. The molecule has 2 rings (SSSR count). The van der Waals surface area contributed by atoms with Crippen LogP contribution in [0.2, 0.25) is 5.02 Å². The smallest absolute Gasteiger partial charge is 0.252 e. The first kappa shape index (κ1) is 14.6. The quantitative estimate of drug-likeness (QED) is 0.902. The summed E-state index contributed by atoms with van der Waals surface area (Å²) in [6.07, 6.45) is 0. The van der Waals surface area contributed by atoms with Crippen LogP contribution in [-0.2, 0) is 0 Å². The van der Waals surface area contributed by atoms with Crippen LogP contribution in [0.4, 0.5) is 5.82 Å². The Morgan fingerprint density at radius 2 is 1.85 bits per heavy atom. The van der Waals surface area contributed by atoms with E-state index in [1.807, 2.05) is 45.0 Å². The molecule has 0 saturated carbocycles. The van der Waals surface area contributed by atoms with Crippen molar-refractivity contribution >= 4 is 17.4 Å². The Morgan fingerprint density at radius 1 is 1.20 bits per heavy atom. The van der Waals surface area contributed by atoms with Crippen LogP contribution < -0.4 is 10.9 Å². The second-order valence-corrected chi connectivity index (χ2v) is 5.52. The summed E-state index contributed by atoms with van der Waals surface area (Å²) in [6.45, 7) is 6.00. The van der Waals surface area contributed by atoms with E-state index in [2.05, 4.69) is 15.3 Å². The van der Waals surface area contributed by atoms with Gasteiger partial charge in [-0.1, -0.05) is 37.6 Å².